The molecule has 1 heterocycles. The molecule has 4 heteroatoms. The molecule has 1 aromatic heterocycles. The Morgan fingerprint density at radius 1 is 1.50 bits per heavy atom. The maximum atomic E-state index is 6.09. The normalized spacial score (nSPS) is 14.1. The fraction of sp³-hybridized carbons (Fsp3) is 0.750. The molecule has 1 aromatic rings. The molecule has 0 saturated carbocycles. The van der Waals surface area contributed by atoms with Gasteiger partial charge in [0.05, 0.1) is 10.7 Å². The summed E-state index contributed by atoms with van der Waals surface area (Å²) in [4.78, 5) is 4.63. The van der Waals surface area contributed by atoms with E-state index in [1.807, 2.05) is 11.8 Å². The van der Waals surface area contributed by atoms with Gasteiger partial charge in [-0.2, -0.15) is 11.8 Å². The molecule has 0 aliphatic carbocycles. The molecule has 0 fully saturated rings. The van der Waals surface area contributed by atoms with E-state index in [1.54, 1.807) is 11.3 Å². The van der Waals surface area contributed by atoms with Gasteiger partial charge in [0.15, 0.2) is 0 Å². The van der Waals surface area contributed by atoms with Crippen LogP contribution in [0.1, 0.15) is 43.9 Å². The lowest BCUT2D eigenvalue weighted by atomic mass is 9.93. The summed E-state index contributed by atoms with van der Waals surface area (Å²) in [7, 11) is 0. The van der Waals surface area contributed by atoms with Crippen molar-refractivity contribution >= 4 is 23.1 Å². The van der Waals surface area contributed by atoms with Crippen molar-refractivity contribution in [2.75, 3.05) is 12.0 Å². The van der Waals surface area contributed by atoms with Crippen LogP contribution in [-0.2, 0) is 6.42 Å². The van der Waals surface area contributed by atoms with Crippen LogP contribution in [-0.4, -0.2) is 17.0 Å². The van der Waals surface area contributed by atoms with Crippen LogP contribution in [0.3, 0.4) is 0 Å². The molecule has 2 N–H and O–H groups in total. The first-order valence-corrected chi connectivity index (χ1v) is 7.88. The molecule has 2 nitrogen and oxygen atoms in total. The second kappa shape index (κ2) is 6.03. The lowest BCUT2D eigenvalue weighted by Gasteiger charge is -2.15. The molecule has 0 aromatic carbocycles. The van der Waals surface area contributed by atoms with Crippen LogP contribution in [0.5, 0.6) is 0 Å². The number of hydrogen-bond donors (Lipinski definition) is 1. The number of aromatic nitrogens is 1. The zero-order chi connectivity index (χ0) is 12.2. The van der Waals surface area contributed by atoms with Crippen molar-refractivity contribution in [3.8, 4) is 0 Å². The Morgan fingerprint density at radius 2 is 2.19 bits per heavy atom. The van der Waals surface area contributed by atoms with Crippen molar-refractivity contribution < 1.29 is 0 Å². The van der Waals surface area contributed by atoms with E-state index < -0.39 is 0 Å². The average molecular weight is 258 g/mol. The number of thioether (sulfide) groups is 1. The average Bonchev–Trinajstić information content (AvgIpc) is 2.59. The summed E-state index contributed by atoms with van der Waals surface area (Å²) in [5, 5.41) is 3.33. The van der Waals surface area contributed by atoms with Gasteiger partial charge >= 0.3 is 0 Å². The minimum absolute atomic E-state index is 0.109. The number of nitrogens with zero attached hydrogens (tertiary/aromatic N) is 1. The molecular formula is C12H22N2S2. The van der Waals surface area contributed by atoms with Gasteiger partial charge in [0.1, 0.15) is 0 Å². The van der Waals surface area contributed by atoms with E-state index >= 15 is 0 Å². The summed E-state index contributed by atoms with van der Waals surface area (Å²) in [5.74, 6) is 1.10. The van der Waals surface area contributed by atoms with E-state index in [9.17, 15) is 0 Å². The topological polar surface area (TPSA) is 38.9 Å². The second-order valence-corrected chi connectivity index (χ2v) is 7.22. The van der Waals surface area contributed by atoms with Gasteiger partial charge in [-0.15, -0.1) is 11.3 Å². The van der Waals surface area contributed by atoms with Crippen molar-refractivity contribution in [2.24, 2.45) is 11.1 Å². The summed E-state index contributed by atoms with van der Waals surface area (Å²) in [6.45, 7) is 6.71. The van der Waals surface area contributed by atoms with Crippen LogP contribution >= 0.6 is 23.1 Å². The molecule has 1 atom stereocenters. The Bertz CT molecular complexity index is 315. The predicted octanol–water partition coefficient (Wildman–Crippen LogP) is 3.48. The number of hydrogen-bond acceptors (Lipinski definition) is 4. The minimum Gasteiger partial charge on any atom is -0.323 e. The minimum atomic E-state index is 0.109. The van der Waals surface area contributed by atoms with Gasteiger partial charge in [-0.1, -0.05) is 20.8 Å². The van der Waals surface area contributed by atoms with Crippen LogP contribution in [0.4, 0.5) is 0 Å². The summed E-state index contributed by atoms with van der Waals surface area (Å²) >= 11 is 3.58. The van der Waals surface area contributed by atoms with E-state index in [0.717, 1.165) is 24.3 Å². The standard InChI is InChI=1S/C12H22N2S2/c1-12(2,3)7-11-14-10(8-16-11)9(13)5-6-15-4/h8-9H,5-7,13H2,1-4H3. The van der Waals surface area contributed by atoms with E-state index in [0.29, 0.717) is 5.41 Å². The molecule has 1 rings (SSSR count). The lowest BCUT2D eigenvalue weighted by molar-refractivity contribution is 0.410. The van der Waals surface area contributed by atoms with Crippen LogP contribution in [0.25, 0.3) is 0 Å². The molecule has 92 valence electrons. The maximum absolute atomic E-state index is 6.09. The van der Waals surface area contributed by atoms with Crippen LogP contribution < -0.4 is 5.73 Å². The predicted molar refractivity (Wildman–Crippen MR) is 75.2 cm³/mol. The van der Waals surface area contributed by atoms with Crippen molar-refractivity contribution in [2.45, 2.75) is 39.7 Å². The number of nitrogens with two attached hydrogens (primary N) is 1. The van der Waals surface area contributed by atoms with Crippen LogP contribution in [0.2, 0.25) is 0 Å². The molecule has 0 amide bonds. The lowest BCUT2D eigenvalue weighted by Crippen LogP contribution is -2.13. The highest BCUT2D eigenvalue weighted by Crippen LogP contribution is 2.25. The highest BCUT2D eigenvalue weighted by atomic mass is 32.2. The van der Waals surface area contributed by atoms with Crippen molar-refractivity contribution in [3.05, 3.63) is 16.1 Å². The van der Waals surface area contributed by atoms with Crippen LogP contribution in [0.15, 0.2) is 5.38 Å². The Balaban J connectivity index is 2.57. The van der Waals surface area contributed by atoms with Gasteiger partial charge in [-0.05, 0) is 23.8 Å². The molecule has 0 spiro atoms. The molecule has 0 saturated heterocycles. The Kier molecular flexibility index (Phi) is 5.28. The van der Waals surface area contributed by atoms with E-state index in [2.05, 4.69) is 37.4 Å². The fourth-order valence-electron chi connectivity index (χ4n) is 1.42. The summed E-state index contributed by atoms with van der Waals surface area (Å²) in [6.07, 6.45) is 4.16. The molecule has 0 radical (unpaired) electrons. The molecule has 16 heavy (non-hydrogen) atoms. The summed E-state index contributed by atoms with van der Waals surface area (Å²) in [5.41, 5.74) is 7.46. The highest BCUT2D eigenvalue weighted by Gasteiger charge is 2.16. The summed E-state index contributed by atoms with van der Waals surface area (Å²) in [6, 6.07) is 0.109. The molecule has 1 unspecified atom stereocenters. The molecule has 0 bridgehead atoms. The SMILES string of the molecule is CSCCC(N)c1csc(CC(C)(C)C)n1. The Hall–Kier alpha value is -0.0600. The smallest absolute Gasteiger partial charge is 0.0934 e. The second-order valence-electron chi connectivity index (χ2n) is 5.29. The monoisotopic (exact) mass is 258 g/mol. The first kappa shape index (κ1) is 14.0. The fourth-order valence-corrected chi connectivity index (χ4v) is 3.07. The van der Waals surface area contributed by atoms with E-state index in [-0.39, 0.29) is 6.04 Å². The van der Waals surface area contributed by atoms with E-state index in [1.165, 1.54) is 5.01 Å². The van der Waals surface area contributed by atoms with Gasteiger partial charge in [0.2, 0.25) is 0 Å². The van der Waals surface area contributed by atoms with Gasteiger partial charge in [-0.25, -0.2) is 4.98 Å². The first-order valence-electron chi connectivity index (χ1n) is 5.61. The highest BCUT2D eigenvalue weighted by molar-refractivity contribution is 7.98. The maximum Gasteiger partial charge on any atom is 0.0934 e. The molecule has 0 aliphatic rings. The van der Waals surface area contributed by atoms with Gasteiger partial charge < -0.3 is 5.73 Å². The van der Waals surface area contributed by atoms with Gasteiger partial charge in [0, 0.05) is 17.8 Å². The number of thiazole rings is 1. The Labute approximate surface area is 107 Å². The van der Waals surface area contributed by atoms with E-state index in [4.69, 9.17) is 5.73 Å². The van der Waals surface area contributed by atoms with Crippen LogP contribution in [0, 0.1) is 5.41 Å². The number of rotatable bonds is 5. The zero-order valence-electron chi connectivity index (χ0n) is 10.6. The van der Waals surface area contributed by atoms with Crippen molar-refractivity contribution in [1.82, 2.24) is 4.98 Å². The third kappa shape index (κ3) is 4.85. The molecule has 0 aliphatic heterocycles. The first-order chi connectivity index (χ1) is 7.42. The quantitative estimate of drug-likeness (QED) is 0.878. The Morgan fingerprint density at radius 3 is 2.75 bits per heavy atom. The zero-order valence-corrected chi connectivity index (χ0v) is 12.3. The largest absolute Gasteiger partial charge is 0.323 e. The third-order valence-corrected chi connectivity index (χ3v) is 3.77. The van der Waals surface area contributed by atoms with Gasteiger partial charge in [-0.3, -0.25) is 0 Å². The van der Waals surface area contributed by atoms with Crippen molar-refractivity contribution in [1.29, 1.82) is 0 Å². The summed E-state index contributed by atoms with van der Waals surface area (Å²) < 4.78 is 0. The molecular weight excluding hydrogens is 236 g/mol. The van der Waals surface area contributed by atoms with Crippen molar-refractivity contribution in [3.63, 3.8) is 0 Å². The van der Waals surface area contributed by atoms with Gasteiger partial charge in [0.25, 0.3) is 0 Å². The third-order valence-electron chi connectivity index (χ3n) is 2.26.